The van der Waals surface area contributed by atoms with Crippen molar-refractivity contribution in [3.05, 3.63) is 34.1 Å². The zero-order valence-corrected chi connectivity index (χ0v) is 13.7. The Morgan fingerprint density at radius 2 is 2.41 bits per heavy atom. The fourth-order valence-corrected chi connectivity index (χ4v) is 2.67. The summed E-state index contributed by atoms with van der Waals surface area (Å²) in [5, 5.41) is 10.8. The molecule has 2 heterocycles. The van der Waals surface area contributed by atoms with E-state index in [0.717, 1.165) is 5.56 Å². The molecule has 8 heteroatoms. The maximum absolute atomic E-state index is 12.3. The summed E-state index contributed by atoms with van der Waals surface area (Å²) in [4.78, 5) is 18.1. The van der Waals surface area contributed by atoms with Gasteiger partial charge in [0.2, 0.25) is 5.89 Å². The van der Waals surface area contributed by atoms with E-state index in [-0.39, 0.29) is 25.2 Å². The molecule has 0 aliphatic heterocycles. The third kappa shape index (κ3) is 4.28. The van der Waals surface area contributed by atoms with Crippen molar-refractivity contribution in [2.24, 2.45) is 0 Å². The molecule has 2 amide bonds. The second-order valence-electron chi connectivity index (χ2n) is 4.78. The van der Waals surface area contributed by atoms with Gasteiger partial charge in [0, 0.05) is 13.7 Å². The monoisotopic (exact) mass is 324 g/mol. The number of methoxy groups -OCH3 is 1. The molecule has 2 rings (SSSR count). The van der Waals surface area contributed by atoms with E-state index < -0.39 is 0 Å². The first-order valence-electron chi connectivity index (χ1n) is 7.02. The lowest BCUT2D eigenvalue weighted by Gasteiger charge is -2.22. The summed E-state index contributed by atoms with van der Waals surface area (Å²) in [5.74, 6) is 0.868. The van der Waals surface area contributed by atoms with Crippen LogP contribution in [0.5, 0.6) is 0 Å². The van der Waals surface area contributed by atoms with E-state index in [0.29, 0.717) is 18.3 Å². The van der Waals surface area contributed by atoms with Gasteiger partial charge in [-0.25, -0.2) is 4.79 Å². The molecule has 7 nitrogen and oxygen atoms in total. The van der Waals surface area contributed by atoms with Crippen LogP contribution in [0.25, 0.3) is 0 Å². The highest BCUT2D eigenvalue weighted by Gasteiger charge is 2.18. The average Bonchev–Trinajstić information content (AvgIpc) is 3.16. The van der Waals surface area contributed by atoms with E-state index in [4.69, 9.17) is 9.26 Å². The molecule has 0 unspecified atom stereocenters. The van der Waals surface area contributed by atoms with Crippen LogP contribution in [0.15, 0.2) is 21.3 Å². The Morgan fingerprint density at radius 3 is 3.05 bits per heavy atom. The molecule has 2 aromatic rings. The second kappa shape index (κ2) is 7.90. The van der Waals surface area contributed by atoms with Crippen LogP contribution >= 0.6 is 11.3 Å². The van der Waals surface area contributed by atoms with Gasteiger partial charge in [-0.2, -0.15) is 16.3 Å². The number of amides is 2. The average molecular weight is 324 g/mol. The molecular weight excluding hydrogens is 304 g/mol. The van der Waals surface area contributed by atoms with Crippen molar-refractivity contribution in [2.75, 3.05) is 13.7 Å². The number of carbonyl (C=O) groups excluding carboxylic acids is 1. The van der Waals surface area contributed by atoms with Gasteiger partial charge in [0.25, 0.3) is 0 Å². The van der Waals surface area contributed by atoms with Crippen molar-refractivity contribution in [3.63, 3.8) is 0 Å². The first kappa shape index (κ1) is 16.4. The summed E-state index contributed by atoms with van der Waals surface area (Å²) >= 11 is 1.61. The molecule has 1 atom stereocenters. The molecule has 1 N–H and O–H groups in total. The van der Waals surface area contributed by atoms with Crippen molar-refractivity contribution in [1.82, 2.24) is 20.4 Å². The first-order valence-corrected chi connectivity index (χ1v) is 7.96. The smallest absolute Gasteiger partial charge is 0.318 e. The molecule has 0 fully saturated rings. The minimum atomic E-state index is -0.160. The number of aromatic nitrogens is 2. The van der Waals surface area contributed by atoms with Crippen molar-refractivity contribution in [1.29, 1.82) is 0 Å². The molecule has 0 saturated carbocycles. The summed E-state index contributed by atoms with van der Waals surface area (Å²) in [6.07, 6.45) is 0. The lowest BCUT2D eigenvalue weighted by atomic mass is 10.2. The van der Waals surface area contributed by atoms with Gasteiger partial charge >= 0.3 is 6.03 Å². The normalized spacial score (nSPS) is 12.1. The van der Waals surface area contributed by atoms with Crippen LogP contribution in [0, 0.1) is 0 Å². The van der Waals surface area contributed by atoms with Crippen molar-refractivity contribution in [3.8, 4) is 0 Å². The fraction of sp³-hybridized carbons (Fsp3) is 0.500. The molecule has 0 aromatic carbocycles. The van der Waals surface area contributed by atoms with E-state index in [1.54, 1.807) is 23.3 Å². The Balaban J connectivity index is 1.93. The Labute approximate surface area is 133 Å². The number of carbonyl (C=O) groups is 1. The third-order valence-corrected chi connectivity index (χ3v) is 3.86. The van der Waals surface area contributed by atoms with Crippen LogP contribution in [0.1, 0.15) is 37.2 Å². The lowest BCUT2D eigenvalue weighted by molar-refractivity contribution is 0.174. The molecule has 0 radical (unpaired) electrons. The highest BCUT2D eigenvalue weighted by molar-refractivity contribution is 7.07. The number of ether oxygens (including phenoxy) is 1. The van der Waals surface area contributed by atoms with Gasteiger partial charge < -0.3 is 19.5 Å². The van der Waals surface area contributed by atoms with Gasteiger partial charge in [-0.1, -0.05) is 5.16 Å². The number of nitrogens with zero attached hydrogens (tertiary/aromatic N) is 3. The summed E-state index contributed by atoms with van der Waals surface area (Å²) < 4.78 is 10.1. The molecule has 0 bridgehead atoms. The van der Waals surface area contributed by atoms with E-state index in [9.17, 15) is 4.79 Å². The maximum atomic E-state index is 12.3. The Morgan fingerprint density at radius 1 is 1.59 bits per heavy atom. The van der Waals surface area contributed by atoms with Gasteiger partial charge in [-0.15, -0.1) is 0 Å². The van der Waals surface area contributed by atoms with Crippen LogP contribution < -0.4 is 5.32 Å². The molecule has 0 aliphatic rings. The zero-order chi connectivity index (χ0) is 15.9. The molecular formula is C14H20N4O3S. The van der Waals surface area contributed by atoms with Crippen molar-refractivity contribution in [2.45, 2.75) is 33.0 Å². The summed E-state index contributed by atoms with van der Waals surface area (Å²) in [5.41, 5.74) is 1.09. The molecule has 0 spiro atoms. The highest BCUT2D eigenvalue weighted by atomic mass is 32.1. The van der Waals surface area contributed by atoms with E-state index in [1.165, 1.54) is 0 Å². The van der Waals surface area contributed by atoms with Crippen molar-refractivity contribution >= 4 is 17.4 Å². The largest absolute Gasteiger partial charge is 0.377 e. The number of hydrogen-bond donors (Lipinski definition) is 1. The summed E-state index contributed by atoms with van der Waals surface area (Å²) in [6.45, 7) is 4.97. The van der Waals surface area contributed by atoms with Crippen LogP contribution in [-0.4, -0.2) is 34.7 Å². The fourth-order valence-electron chi connectivity index (χ4n) is 1.91. The van der Waals surface area contributed by atoms with Gasteiger partial charge in [0.15, 0.2) is 5.82 Å². The molecule has 2 aromatic heterocycles. The van der Waals surface area contributed by atoms with Gasteiger partial charge in [-0.3, -0.25) is 0 Å². The summed E-state index contributed by atoms with van der Waals surface area (Å²) in [7, 11) is 1.56. The predicted octanol–water partition coefficient (Wildman–Crippen LogP) is 2.57. The minimum Gasteiger partial charge on any atom is -0.377 e. The van der Waals surface area contributed by atoms with Crippen molar-refractivity contribution < 1.29 is 14.1 Å². The third-order valence-electron chi connectivity index (χ3n) is 3.16. The van der Waals surface area contributed by atoms with Gasteiger partial charge in [0.1, 0.15) is 13.2 Å². The van der Waals surface area contributed by atoms with Crippen LogP contribution in [0.3, 0.4) is 0 Å². The lowest BCUT2D eigenvalue weighted by Crippen LogP contribution is -2.40. The Kier molecular flexibility index (Phi) is 5.91. The minimum absolute atomic E-state index is 0.0421. The number of thiophene rings is 1. The summed E-state index contributed by atoms with van der Waals surface area (Å²) in [6, 6.07) is 1.80. The van der Waals surface area contributed by atoms with Crippen LogP contribution in [0.2, 0.25) is 0 Å². The van der Waals surface area contributed by atoms with E-state index in [1.807, 2.05) is 30.7 Å². The predicted molar refractivity (Wildman–Crippen MR) is 82.4 cm³/mol. The number of hydrogen-bond acceptors (Lipinski definition) is 6. The Hall–Kier alpha value is -1.93. The van der Waals surface area contributed by atoms with E-state index >= 15 is 0 Å². The van der Waals surface area contributed by atoms with Gasteiger partial charge in [0.05, 0.1) is 6.04 Å². The quantitative estimate of drug-likeness (QED) is 0.846. The second-order valence-corrected chi connectivity index (χ2v) is 5.56. The number of urea groups is 1. The van der Waals surface area contributed by atoms with Gasteiger partial charge in [-0.05, 0) is 36.2 Å². The zero-order valence-electron chi connectivity index (χ0n) is 12.9. The number of nitrogens with one attached hydrogen (secondary N) is 1. The molecule has 0 aliphatic carbocycles. The van der Waals surface area contributed by atoms with E-state index in [2.05, 4.69) is 15.5 Å². The topological polar surface area (TPSA) is 80.5 Å². The molecule has 0 saturated heterocycles. The highest BCUT2D eigenvalue weighted by Crippen LogP contribution is 2.16. The first-order chi connectivity index (χ1) is 10.6. The van der Waals surface area contributed by atoms with Crippen LogP contribution in [0.4, 0.5) is 4.79 Å². The standard InChI is InChI=1S/C14H20N4O3S/c1-4-18(7-13-16-12(8-20-3)17-21-13)14(19)15-10(2)11-5-6-22-9-11/h5-6,9-10H,4,7-8H2,1-3H3,(H,15,19)/t10-/m1/s1. The number of rotatable bonds is 7. The SMILES string of the molecule is CCN(Cc1nc(COC)no1)C(=O)N[C@H](C)c1ccsc1. The molecule has 120 valence electrons. The molecule has 22 heavy (non-hydrogen) atoms. The Bertz CT molecular complexity index is 585. The van der Waals surface area contributed by atoms with Crippen LogP contribution in [-0.2, 0) is 17.9 Å². The maximum Gasteiger partial charge on any atom is 0.318 e.